The van der Waals surface area contributed by atoms with Gasteiger partial charge < -0.3 is 14.6 Å². The Morgan fingerprint density at radius 3 is 2.42 bits per heavy atom. The van der Waals surface area contributed by atoms with Crippen LogP contribution >= 0.6 is 0 Å². The number of methoxy groups -OCH3 is 1. The van der Waals surface area contributed by atoms with Crippen molar-refractivity contribution in [3.8, 4) is 11.5 Å². The van der Waals surface area contributed by atoms with Crippen LogP contribution in [-0.4, -0.2) is 18.2 Å². The number of carboxylic acid groups (broad SMARTS) is 1. The van der Waals surface area contributed by atoms with Gasteiger partial charge in [-0.3, -0.25) is 0 Å². The number of benzene rings is 2. The minimum absolute atomic E-state index is 0.233. The first-order valence-electron chi connectivity index (χ1n) is 7.75. The van der Waals surface area contributed by atoms with E-state index in [1.165, 1.54) is 6.07 Å². The lowest BCUT2D eigenvalue weighted by atomic mass is 10.0. The summed E-state index contributed by atoms with van der Waals surface area (Å²) in [5.41, 5.74) is 3.07. The van der Waals surface area contributed by atoms with E-state index in [0.717, 1.165) is 11.1 Å². The van der Waals surface area contributed by atoms with Gasteiger partial charge in [0, 0.05) is 0 Å². The van der Waals surface area contributed by atoms with Gasteiger partial charge in [0.2, 0.25) is 0 Å². The minimum Gasteiger partial charge on any atom is -0.493 e. The van der Waals surface area contributed by atoms with E-state index < -0.39 is 5.97 Å². The zero-order valence-electron chi connectivity index (χ0n) is 14.2. The van der Waals surface area contributed by atoms with Crippen LogP contribution in [0.5, 0.6) is 11.5 Å². The molecule has 0 atom stereocenters. The first kappa shape index (κ1) is 17.6. The van der Waals surface area contributed by atoms with Crippen molar-refractivity contribution in [1.82, 2.24) is 0 Å². The highest BCUT2D eigenvalue weighted by Gasteiger charge is 2.16. The van der Waals surface area contributed by atoms with Gasteiger partial charge in [-0.05, 0) is 43.5 Å². The molecule has 0 aliphatic heterocycles. The lowest BCUT2D eigenvalue weighted by Gasteiger charge is -2.14. The number of ether oxygens (including phenoxy) is 2. The van der Waals surface area contributed by atoms with E-state index in [2.05, 4.69) is 0 Å². The van der Waals surface area contributed by atoms with Crippen LogP contribution in [-0.2, 0) is 13.0 Å². The average Bonchev–Trinajstić information content (AvgIpc) is 2.58. The zero-order valence-corrected chi connectivity index (χ0v) is 14.2. The third-order valence-corrected chi connectivity index (χ3v) is 3.59. The van der Waals surface area contributed by atoms with E-state index in [1.807, 2.05) is 50.3 Å². The van der Waals surface area contributed by atoms with E-state index in [1.54, 1.807) is 13.2 Å². The summed E-state index contributed by atoms with van der Waals surface area (Å²) in [6, 6.07) is 13.0. The maximum Gasteiger partial charge on any atom is 0.336 e. The van der Waals surface area contributed by atoms with Crippen molar-refractivity contribution in [2.24, 2.45) is 0 Å². The Balaban J connectivity index is 2.31. The van der Waals surface area contributed by atoms with Crippen LogP contribution in [0, 0.1) is 0 Å². The van der Waals surface area contributed by atoms with Crippen LogP contribution in [0.1, 0.15) is 35.3 Å². The van der Waals surface area contributed by atoms with Gasteiger partial charge in [-0.2, -0.15) is 0 Å². The number of aromatic carboxylic acids is 1. The largest absolute Gasteiger partial charge is 0.493 e. The molecule has 0 bridgehead atoms. The van der Waals surface area contributed by atoms with Gasteiger partial charge in [0.1, 0.15) is 6.61 Å². The molecule has 24 heavy (non-hydrogen) atoms. The molecular weight excluding hydrogens is 304 g/mol. The molecule has 1 N–H and O–H groups in total. The predicted molar refractivity (Wildman–Crippen MR) is 93.9 cm³/mol. The molecule has 0 unspecified atom stereocenters. The van der Waals surface area contributed by atoms with Crippen LogP contribution in [0.25, 0.3) is 0 Å². The highest BCUT2D eigenvalue weighted by atomic mass is 16.5. The summed E-state index contributed by atoms with van der Waals surface area (Å²) < 4.78 is 11.2. The molecule has 126 valence electrons. The fourth-order valence-corrected chi connectivity index (χ4v) is 2.29. The number of allylic oxidation sites excluding steroid dienone is 2. The Morgan fingerprint density at radius 2 is 1.83 bits per heavy atom. The van der Waals surface area contributed by atoms with Crippen LogP contribution in [0.3, 0.4) is 0 Å². The maximum atomic E-state index is 11.6. The number of rotatable bonds is 7. The molecule has 0 radical (unpaired) electrons. The molecule has 0 aliphatic carbocycles. The topological polar surface area (TPSA) is 55.8 Å². The SMILES string of the molecule is COc1cc(CC=C(C)C)c(C(=O)O)cc1OCc1ccccc1. The molecule has 0 aliphatic rings. The Morgan fingerprint density at radius 1 is 1.12 bits per heavy atom. The van der Waals surface area contributed by atoms with Crippen molar-refractivity contribution in [2.45, 2.75) is 26.9 Å². The third kappa shape index (κ3) is 4.62. The first-order valence-corrected chi connectivity index (χ1v) is 7.75. The second-order valence-electron chi connectivity index (χ2n) is 5.73. The number of hydrogen-bond acceptors (Lipinski definition) is 3. The lowest BCUT2D eigenvalue weighted by molar-refractivity contribution is 0.0695. The molecule has 0 fully saturated rings. The number of carboxylic acids is 1. The summed E-state index contributed by atoms with van der Waals surface area (Å²) in [5.74, 6) is -0.00726. The van der Waals surface area contributed by atoms with Gasteiger partial charge in [0.25, 0.3) is 0 Å². The molecule has 2 rings (SSSR count). The van der Waals surface area contributed by atoms with Crippen molar-refractivity contribution in [1.29, 1.82) is 0 Å². The van der Waals surface area contributed by atoms with E-state index in [9.17, 15) is 9.90 Å². The van der Waals surface area contributed by atoms with Crippen molar-refractivity contribution in [3.63, 3.8) is 0 Å². The summed E-state index contributed by atoms with van der Waals surface area (Å²) in [6.45, 7) is 4.31. The number of hydrogen-bond donors (Lipinski definition) is 1. The molecule has 0 spiro atoms. The van der Waals surface area contributed by atoms with E-state index in [0.29, 0.717) is 30.1 Å². The van der Waals surface area contributed by atoms with Crippen molar-refractivity contribution in [3.05, 3.63) is 70.8 Å². The summed E-state index contributed by atoms with van der Waals surface area (Å²) in [5, 5.41) is 9.49. The van der Waals surface area contributed by atoms with Gasteiger partial charge in [-0.1, -0.05) is 42.0 Å². The normalized spacial score (nSPS) is 10.1. The molecule has 0 saturated heterocycles. The second-order valence-corrected chi connectivity index (χ2v) is 5.73. The highest BCUT2D eigenvalue weighted by Crippen LogP contribution is 2.32. The van der Waals surface area contributed by atoms with E-state index in [4.69, 9.17) is 9.47 Å². The Kier molecular flexibility index (Phi) is 6.01. The smallest absolute Gasteiger partial charge is 0.336 e. The third-order valence-electron chi connectivity index (χ3n) is 3.59. The second kappa shape index (κ2) is 8.20. The molecule has 2 aromatic carbocycles. The Bertz CT molecular complexity index is 729. The number of carbonyl (C=O) groups is 1. The molecule has 4 heteroatoms. The Labute approximate surface area is 142 Å². The first-order chi connectivity index (χ1) is 11.5. The summed E-state index contributed by atoms with van der Waals surface area (Å²) >= 11 is 0. The van der Waals surface area contributed by atoms with Crippen molar-refractivity contribution >= 4 is 5.97 Å². The van der Waals surface area contributed by atoms with Gasteiger partial charge >= 0.3 is 5.97 Å². The van der Waals surface area contributed by atoms with E-state index >= 15 is 0 Å². The zero-order chi connectivity index (χ0) is 17.5. The van der Waals surface area contributed by atoms with Crippen LogP contribution in [0.4, 0.5) is 0 Å². The van der Waals surface area contributed by atoms with Gasteiger partial charge in [-0.15, -0.1) is 0 Å². The van der Waals surface area contributed by atoms with Crippen molar-refractivity contribution < 1.29 is 19.4 Å². The lowest BCUT2D eigenvalue weighted by Crippen LogP contribution is -2.05. The molecule has 0 heterocycles. The summed E-state index contributed by atoms with van der Waals surface area (Å²) in [7, 11) is 1.55. The fraction of sp³-hybridized carbons (Fsp3) is 0.250. The Hall–Kier alpha value is -2.75. The van der Waals surface area contributed by atoms with Gasteiger partial charge in [-0.25, -0.2) is 4.79 Å². The highest BCUT2D eigenvalue weighted by molar-refractivity contribution is 5.90. The summed E-state index contributed by atoms with van der Waals surface area (Å²) in [4.78, 5) is 11.6. The molecule has 0 saturated carbocycles. The maximum absolute atomic E-state index is 11.6. The molecule has 4 nitrogen and oxygen atoms in total. The van der Waals surface area contributed by atoms with Crippen LogP contribution < -0.4 is 9.47 Å². The van der Waals surface area contributed by atoms with E-state index in [-0.39, 0.29) is 5.56 Å². The predicted octanol–water partition coefficient (Wildman–Crippen LogP) is 4.48. The molecular formula is C20H22O4. The minimum atomic E-state index is -0.973. The molecule has 0 amide bonds. The standard InChI is InChI=1S/C20H22O4/c1-14(2)9-10-16-11-18(23-3)19(12-17(16)20(21)22)24-13-15-7-5-4-6-8-15/h4-9,11-12H,10,13H2,1-3H3,(H,21,22). The quantitative estimate of drug-likeness (QED) is 0.762. The fourth-order valence-electron chi connectivity index (χ4n) is 2.29. The van der Waals surface area contributed by atoms with Gasteiger partial charge in [0.05, 0.1) is 12.7 Å². The average molecular weight is 326 g/mol. The molecule has 2 aromatic rings. The van der Waals surface area contributed by atoms with Crippen LogP contribution in [0.15, 0.2) is 54.1 Å². The van der Waals surface area contributed by atoms with Gasteiger partial charge in [0.15, 0.2) is 11.5 Å². The van der Waals surface area contributed by atoms with Crippen LogP contribution in [0.2, 0.25) is 0 Å². The summed E-state index contributed by atoms with van der Waals surface area (Å²) in [6.07, 6.45) is 2.53. The molecule has 0 aromatic heterocycles. The monoisotopic (exact) mass is 326 g/mol. The van der Waals surface area contributed by atoms with Crippen molar-refractivity contribution in [2.75, 3.05) is 7.11 Å².